The molecule has 0 aliphatic carbocycles. The molecule has 0 aliphatic heterocycles. The summed E-state index contributed by atoms with van der Waals surface area (Å²) in [6.07, 6.45) is 3.35. The molecule has 0 bridgehead atoms. The summed E-state index contributed by atoms with van der Waals surface area (Å²) in [5.41, 5.74) is 0.768. The van der Waals surface area contributed by atoms with Crippen molar-refractivity contribution in [2.75, 3.05) is 6.26 Å². The summed E-state index contributed by atoms with van der Waals surface area (Å²) in [5.74, 6) is 0. The van der Waals surface area contributed by atoms with Crippen molar-refractivity contribution in [3.05, 3.63) is 27.9 Å². The molecule has 0 saturated carbocycles. The Morgan fingerprint density at radius 1 is 1.67 bits per heavy atom. The van der Waals surface area contributed by atoms with E-state index in [-0.39, 0.29) is 5.69 Å². The fraction of sp³-hybridized carbons (Fsp3) is 0.286. The Bertz CT molecular complexity index is 314. The van der Waals surface area contributed by atoms with Crippen molar-refractivity contribution in [2.45, 2.75) is 11.9 Å². The Hall–Kier alpha value is -1.10. The maximum Gasteiger partial charge on any atom is 0.304 e. The first-order chi connectivity index (χ1) is 5.66. The van der Waals surface area contributed by atoms with Gasteiger partial charge in [-0.05, 0) is 19.2 Å². The standard InChI is InChI=1S/C7H8N2O2S/c1-5-3-4-8-7(12-2)6(5)9(10)11/h3-4H,1-2H3. The van der Waals surface area contributed by atoms with Crippen LogP contribution in [0.3, 0.4) is 0 Å². The van der Waals surface area contributed by atoms with Gasteiger partial charge >= 0.3 is 5.69 Å². The van der Waals surface area contributed by atoms with E-state index in [4.69, 9.17) is 0 Å². The van der Waals surface area contributed by atoms with E-state index in [9.17, 15) is 10.1 Å². The van der Waals surface area contributed by atoms with E-state index in [2.05, 4.69) is 4.98 Å². The Kier molecular flexibility index (Phi) is 2.65. The molecular weight excluding hydrogens is 176 g/mol. The summed E-state index contributed by atoms with van der Waals surface area (Å²) in [6.45, 7) is 1.71. The maximum atomic E-state index is 10.6. The van der Waals surface area contributed by atoms with Crippen LogP contribution in [-0.4, -0.2) is 16.2 Å². The summed E-state index contributed by atoms with van der Waals surface area (Å²) in [5, 5.41) is 11.0. The zero-order valence-electron chi connectivity index (χ0n) is 6.77. The normalized spacial score (nSPS) is 9.83. The van der Waals surface area contributed by atoms with Crippen LogP contribution in [0.25, 0.3) is 0 Å². The number of nitro groups is 1. The molecule has 1 heterocycles. The highest BCUT2D eigenvalue weighted by Gasteiger charge is 2.16. The summed E-state index contributed by atoms with van der Waals surface area (Å²) < 4.78 is 0. The number of hydrogen-bond donors (Lipinski definition) is 0. The van der Waals surface area contributed by atoms with Crippen molar-refractivity contribution in [1.82, 2.24) is 4.98 Å². The van der Waals surface area contributed by atoms with E-state index in [1.807, 2.05) is 0 Å². The second-order valence-corrected chi connectivity index (χ2v) is 3.04. The lowest BCUT2D eigenvalue weighted by atomic mass is 10.3. The SMILES string of the molecule is CSc1nccc(C)c1[N+](=O)[O-]. The number of nitrogens with zero attached hydrogens (tertiary/aromatic N) is 2. The van der Waals surface area contributed by atoms with E-state index in [1.54, 1.807) is 25.4 Å². The van der Waals surface area contributed by atoms with Gasteiger partial charge < -0.3 is 0 Å². The average Bonchev–Trinajstić information content (AvgIpc) is 2.03. The van der Waals surface area contributed by atoms with E-state index in [0.29, 0.717) is 10.6 Å². The second kappa shape index (κ2) is 3.53. The summed E-state index contributed by atoms with van der Waals surface area (Å²) in [6, 6.07) is 1.64. The van der Waals surface area contributed by atoms with Gasteiger partial charge in [-0.3, -0.25) is 10.1 Å². The highest BCUT2D eigenvalue weighted by atomic mass is 32.2. The van der Waals surface area contributed by atoms with Gasteiger partial charge in [-0.1, -0.05) is 0 Å². The van der Waals surface area contributed by atoms with Crippen LogP contribution >= 0.6 is 11.8 Å². The van der Waals surface area contributed by atoms with Crippen LogP contribution in [0.2, 0.25) is 0 Å². The lowest BCUT2D eigenvalue weighted by molar-refractivity contribution is -0.388. The van der Waals surface area contributed by atoms with E-state index < -0.39 is 4.92 Å². The third-order valence-electron chi connectivity index (χ3n) is 1.47. The molecule has 0 saturated heterocycles. The van der Waals surface area contributed by atoms with Gasteiger partial charge in [0.2, 0.25) is 0 Å². The zero-order chi connectivity index (χ0) is 9.14. The van der Waals surface area contributed by atoms with Crippen LogP contribution < -0.4 is 0 Å². The molecule has 0 atom stereocenters. The molecule has 1 rings (SSSR count). The fourth-order valence-electron chi connectivity index (χ4n) is 0.897. The van der Waals surface area contributed by atoms with E-state index in [1.165, 1.54) is 11.8 Å². The molecule has 1 aromatic rings. The lowest BCUT2D eigenvalue weighted by Gasteiger charge is -1.99. The number of hydrogen-bond acceptors (Lipinski definition) is 4. The minimum absolute atomic E-state index is 0.116. The Balaban J connectivity index is 3.29. The van der Waals surface area contributed by atoms with Crippen LogP contribution in [0.4, 0.5) is 5.69 Å². The number of rotatable bonds is 2. The van der Waals surface area contributed by atoms with Crippen molar-refractivity contribution in [2.24, 2.45) is 0 Å². The van der Waals surface area contributed by atoms with Crippen LogP contribution in [0.5, 0.6) is 0 Å². The van der Waals surface area contributed by atoms with Crippen molar-refractivity contribution in [1.29, 1.82) is 0 Å². The van der Waals surface area contributed by atoms with Crippen molar-refractivity contribution >= 4 is 17.4 Å². The van der Waals surface area contributed by atoms with Gasteiger partial charge in [-0.2, -0.15) is 0 Å². The molecule has 0 aliphatic rings. The first-order valence-corrected chi connectivity index (χ1v) is 4.53. The number of thioether (sulfide) groups is 1. The molecule has 0 aromatic carbocycles. The molecule has 0 N–H and O–H groups in total. The number of aromatic nitrogens is 1. The molecule has 12 heavy (non-hydrogen) atoms. The smallest absolute Gasteiger partial charge is 0.258 e. The first-order valence-electron chi connectivity index (χ1n) is 3.30. The van der Waals surface area contributed by atoms with Crippen LogP contribution in [0.15, 0.2) is 17.3 Å². The predicted molar refractivity (Wildman–Crippen MR) is 47.4 cm³/mol. The summed E-state index contributed by atoms with van der Waals surface area (Å²) in [7, 11) is 0. The van der Waals surface area contributed by atoms with E-state index >= 15 is 0 Å². The molecule has 0 spiro atoms. The van der Waals surface area contributed by atoms with Gasteiger partial charge in [0.25, 0.3) is 0 Å². The monoisotopic (exact) mass is 184 g/mol. The molecule has 0 fully saturated rings. The third-order valence-corrected chi connectivity index (χ3v) is 2.15. The van der Waals surface area contributed by atoms with Gasteiger partial charge in [-0.15, -0.1) is 11.8 Å². The molecule has 5 heteroatoms. The zero-order valence-corrected chi connectivity index (χ0v) is 7.59. The van der Waals surface area contributed by atoms with E-state index in [0.717, 1.165) is 0 Å². The molecule has 4 nitrogen and oxygen atoms in total. The van der Waals surface area contributed by atoms with Crippen molar-refractivity contribution in [3.8, 4) is 0 Å². The Labute approximate surface area is 74.2 Å². The lowest BCUT2D eigenvalue weighted by Crippen LogP contribution is -1.95. The third kappa shape index (κ3) is 1.55. The van der Waals surface area contributed by atoms with Crippen LogP contribution in [0, 0.1) is 17.0 Å². The molecule has 0 radical (unpaired) electrons. The molecule has 0 amide bonds. The Morgan fingerprint density at radius 2 is 2.33 bits per heavy atom. The van der Waals surface area contributed by atoms with Crippen molar-refractivity contribution < 1.29 is 4.92 Å². The quantitative estimate of drug-likeness (QED) is 0.401. The van der Waals surface area contributed by atoms with Crippen molar-refractivity contribution in [3.63, 3.8) is 0 Å². The highest BCUT2D eigenvalue weighted by Crippen LogP contribution is 2.27. The van der Waals surface area contributed by atoms with Crippen LogP contribution in [-0.2, 0) is 0 Å². The topological polar surface area (TPSA) is 56.0 Å². The van der Waals surface area contributed by atoms with Gasteiger partial charge in [-0.25, -0.2) is 4.98 Å². The average molecular weight is 184 g/mol. The summed E-state index contributed by atoms with van der Waals surface area (Å²) in [4.78, 5) is 14.1. The minimum atomic E-state index is -0.395. The molecule has 64 valence electrons. The molecule has 1 aromatic heterocycles. The fourth-order valence-corrected chi connectivity index (χ4v) is 1.49. The van der Waals surface area contributed by atoms with Gasteiger partial charge in [0, 0.05) is 11.8 Å². The highest BCUT2D eigenvalue weighted by molar-refractivity contribution is 7.98. The predicted octanol–water partition coefficient (Wildman–Crippen LogP) is 2.02. The van der Waals surface area contributed by atoms with Gasteiger partial charge in [0.1, 0.15) is 0 Å². The number of pyridine rings is 1. The Morgan fingerprint density at radius 3 is 2.75 bits per heavy atom. The molecular formula is C7H8N2O2S. The number of aryl methyl sites for hydroxylation is 1. The largest absolute Gasteiger partial charge is 0.304 e. The minimum Gasteiger partial charge on any atom is -0.258 e. The summed E-state index contributed by atoms with van der Waals surface area (Å²) >= 11 is 1.29. The second-order valence-electron chi connectivity index (χ2n) is 2.24. The maximum absolute atomic E-state index is 10.6. The van der Waals surface area contributed by atoms with Crippen LogP contribution in [0.1, 0.15) is 5.56 Å². The first kappa shape index (κ1) is 8.99. The molecule has 0 unspecified atom stereocenters. The van der Waals surface area contributed by atoms with Gasteiger partial charge in [0.05, 0.1) is 4.92 Å². The van der Waals surface area contributed by atoms with Gasteiger partial charge in [0.15, 0.2) is 5.03 Å².